The van der Waals surface area contributed by atoms with E-state index in [0.717, 1.165) is 22.5 Å². The van der Waals surface area contributed by atoms with E-state index >= 15 is 0 Å². The van der Waals surface area contributed by atoms with Gasteiger partial charge in [0.15, 0.2) is 0 Å². The Hall–Kier alpha value is -4.24. The Labute approximate surface area is 213 Å². The molecule has 0 saturated heterocycles. The first-order valence-corrected chi connectivity index (χ1v) is 11.5. The van der Waals surface area contributed by atoms with E-state index in [1.165, 1.54) is 18.2 Å². The second kappa shape index (κ2) is 11.0. The number of carbonyl (C=O) groups is 1. The molecule has 8 nitrogen and oxygen atoms in total. The maximum absolute atomic E-state index is 13.6. The highest BCUT2D eigenvalue weighted by molar-refractivity contribution is 6.31. The molecule has 0 saturated carbocycles. The lowest BCUT2D eigenvalue weighted by Crippen LogP contribution is -2.16. The zero-order valence-electron chi connectivity index (χ0n) is 19.9. The van der Waals surface area contributed by atoms with Gasteiger partial charge in [0.05, 0.1) is 24.2 Å². The summed E-state index contributed by atoms with van der Waals surface area (Å²) in [4.78, 5) is 27.1. The Balaban J connectivity index is 1.74. The predicted molar refractivity (Wildman–Crippen MR) is 139 cm³/mol. The van der Waals surface area contributed by atoms with Crippen molar-refractivity contribution in [3.63, 3.8) is 0 Å². The van der Waals surface area contributed by atoms with E-state index in [-0.39, 0.29) is 5.02 Å². The van der Waals surface area contributed by atoms with Crippen molar-refractivity contribution in [2.45, 2.75) is 6.92 Å². The molecule has 4 aromatic rings. The third kappa shape index (κ3) is 5.69. The minimum atomic E-state index is -0.507. The van der Waals surface area contributed by atoms with Crippen LogP contribution in [0.3, 0.4) is 0 Å². The third-order valence-corrected chi connectivity index (χ3v) is 5.58. The van der Waals surface area contributed by atoms with Gasteiger partial charge in [-0.3, -0.25) is 0 Å². The molecule has 0 bridgehead atoms. The summed E-state index contributed by atoms with van der Waals surface area (Å²) in [6.45, 7) is 2.07. The second-order valence-electron chi connectivity index (χ2n) is 7.82. The molecule has 0 amide bonds. The second-order valence-corrected chi connectivity index (χ2v) is 8.22. The van der Waals surface area contributed by atoms with Gasteiger partial charge in [0.2, 0.25) is 5.95 Å². The van der Waals surface area contributed by atoms with Gasteiger partial charge < -0.3 is 19.5 Å². The molecule has 0 aliphatic heterocycles. The number of ether oxygens (including phenoxy) is 1. The highest BCUT2D eigenvalue weighted by Crippen LogP contribution is 2.34. The highest BCUT2D eigenvalue weighted by atomic mass is 35.5. The van der Waals surface area contributed by atoms with Crippen LogP contribution in [0.15, 0.2) is 67.3 Å². The summed E-state index contributed by atoms with van der Waals surface area (Å²) in [5.41, 5.74) is 2.97. The van der Waals surface area contributed by atoms with Gasteiger partial charge in [-0.25, -0.2) is 19.2 Å². The molecule has 10 heteroatoms. The number of anilines is 4. The molecule has 1 N–H and O–H groups in total. The van der Waals surface area contributed by atoms with Crippen molar-refractivity contribution in [2.24, 2.45) is 7.05 Å². The standard InChI is InChI=1S/C26H24ClFN6O2/c1-4-36-24(35)11-8-17-6-5-7-18(12-17)20-14-30-26(31-19-9-10-22(28)21(27)13-19)32-25(20)34(3)23-15-29-16-33(23)2/h5-16H,4H2,1-3H3,(H,30,31,32). The molecule has 0 fully saturated rings. The van der Waals surface area contributed by atoms with Crippen LogP contribution in [0.2, 0.25) is 5.02 Å². The van der Waals surface area contributed by atoms with Gasteiger partial charge in [-0.05, 0) is 48.4 Å². The van der Waals surface area contributed by atoms with E-state index in [4.69, 9.17) is 21.3 Å². The van der Waals surface area contributed by atoms with Crippen molar-refractivity contribution >= 4 is 46.9 Å². The van der Waals surface area contributed by atoms with Gasteiger partial charge in [0, 0.05) is 37.6 Å². The van der Waals surface area contributed by atoms with E-state index in [2.05, 4.69) is 15.3 Å². The van der Waals surface area contributed by atoms with Crippen LogP contribution < -0.4 is 10.2 Å². The first-order valence-electron chi connectivity index (χ1n) is 11.1. The van der Waals surface area contributed by atoms with Crippen molar-refractivity contribution in [1.82, 2.24) is 19.5 Å². The fraction of sp³-hybridized carbons (Fsp3) is 0.154. The van der Waals surface area contributed by atoms with Crippen LogP contribution in [0, 0.1) is 5.82 Å². The SMILES string of the molecule is CCOC(=O)C=Cc1cccc(-c2cnc(Nc3ccc(F)c(Cl)c3)nc2N(C)c2cncn2C)c1. The first-order chi connectivity index (χ1) is 17.4. The van der Waals surface area contributed by atoms with Crippen molar-refractivity contribution in [3.05, 3.63) is 83.7 Å². The van der Waals surface area contributed by atoms with Crippen LogP contribution in [0.25, 0.3) is 17.2 Å². The van der Waals surface area contributed by atoms with Crippen molar-refractivity contribution in [1.29, 1.82) is 0 Å². The minimum Gasteiger partial charge on any atom is -0.463 e. The summed E-state index contributed by atoms with van der Waals surface area (Å²) in [6, 6.07) is 12.0. The molecule has 36 heavy (non-hydrogen) atoms. The normalized spacial score (nSPS) is 11.0. The van der Waals surface area contributed by atoms with Crippen LogP contribution in [0.4, 0.5) is 27.7 Å². The van der Waals surface area contributed by atoms with Gasteiger partial charge in [-0.1, -0.05) is 29.8 Å². The van der Waals surface area contributed by atoms with Crippen LogP contribution in [0.1, 0.15) is 12.5 Å². The van der Waals surface area contributed by atoms with Crippen LogP contribution >= 0.6 is 11.6 Å². The average molecular weight is 507 g/mol. The summed E-state index contributed by atoms with van der Waals surface area (Å²) < 4.78 is 20.4. The number of carbonyl (C=O) groups excluding carboxylic acids is 1. The summed E-state index contributed by atoms with van der Waals surface area (Å²) >= 11 is 5.92. The number of imidazole rings is 1. The van der Waals surface area contributed by atoms with Gasteiger partial charge >= 0.3 is 5.97 Å². The number of nitrogens with zero attached hydrogens (tertiary/aromatic N) is 5. The van der Waals surface area contributed by atoms with E-state index in [1.54, 1.807) is 37.8 Å². The zero-order valence-corrected chi connectivity index (χ0v) is 20.7. The number of rotatable bonds is 8. The Morgan fingerprint density at radius 1 is 1.25 bits per heavy atom. The molecular formula is C26H24ClFN6O2. The van der Waals surface area contributed by atoms with Gasteiger partial charge in [0.1, 0.15) is 17.5 Å². The molecule has 2 aromatic carbocycles. The van der Waals surface area contributed by atoms with Crippen LogP contribution in [-0.2, 0) is 16.6 Å². The third-order valence-electron chi connectivity index (χ3n) is 5.29. The van der Waals surface area contributed by atoms with E-state index in [0.29, 0.717) is 24.1 Å². The van der Waals surface area contributed by atoms with Gasteiger partial charge in [-0.2, -0.15) is 4.98 Å². The number of halogens is 2. The first kappa shape index (κ1) is 24.9. The number of nitrogens with one attached hydrogen (secondary N) is 1. The highest BCUT2D eigenvalue weighted by Gasteiger charge is 2.17. The number of aromatic nitrogens is 4. The van der Waals surface area contributed by atoms with Crippen molar-refractivity contribution in [3.8, 4) is 11.1 Å². The molecule has 4 rings (SSSR count). The number of benzene rings is 2. The van der Waals surface area contributed by atoms with E-state index in [9.17, 15) is 9.18 Å². The Kier molecular flexibility index (Phi) is 7.60. The van der Waals surface area contributed by atoms with Crippen molar-refractivity contribution in [2.75, 3.05) is 23.9 Å². The Morgan fingerprint density at radius 3 is 2.81 bits per heavy atom. The molecule has 0 atom stereocenters. The van der Waals surface area contributed by atoms with E-state index < -0.39 is 11.8 Å². The monoisotopic (exact) mass is 506 g/mol. The topological polar surface area (TPSA) is 85.2 Å². The van der Waals surface area contributed by atoms with Crippen molar-refractivity contribution < 1.29 is 13.9 Å². The number of esters is 1. The lowest BCUT2D eigenvalue weighted by molar-refractivity contribution is -0.137. The molecule has 0 aliphatic rings. The summed E-state index contributed by atoms with van der Waals surface area (Å²) in [7, 11) is 3.77. The predicted octanol–water partition coefficient (Wildman–Crippen LogP) is 5.76. The molecule has 0 unspecified atom stereocenters. The molecule has 0 aliphatic carbocycles. The van der Waals surface area contributed by atoms with Gasteiger partial charge in [0.25, 0.3) is 0 Å². The molecule has 2 aromatic heterocycles. The number of hydrogen-bond acceptors (Lipinski definition) is 7. The lowest BCUT2D eigenvalue weighted by atomic mass is 10.0. The largest absolute Gasteiger partial charge is 0.463 e. The fourth-order valence-electron chi connectivity index (χ4n) is 3.54. The summed E-state index contributed by atoms with van der Waals surface area (Å²) in [5.74, 6) is 0.815. The maximum Gasteiger partial charge on any atom is 0.330 e. The molecule has 184 valence electrons. The zero-order chi connectivity index (χ0) is 25.7. The molecule has 2 heterocycles. The molecular weight excluding hydrogens is 483 g/mol. The van der Waals surface area contributed by atoms with Crippen LogP contribution in [-0.4, -0.2) is 39.1 Å². The van der Waals surface area contributed by atoms with Gasteiger partial charge in [-0.15, -0.1) is 0 Å². The Bertz CT molecular complexity index is 1420. The van der Waals surface area contributed by atoms with E-state index in [1.807, 2.05) is 47.8 Å². The summed E-state index contributed by atoms with van der Waals surface area (Å²) in [6.07, 6.45) is 8.23. The lowest BCUT2D eigenvalue weighted by Gasteiger charge is -2.22. The average Bonchev–Trinajstić information content (AvgIpc) is 3.30. The van der Waals surface area contributed by atoms with Crippen LogP contribution in [0.5, 0.6) is 0 Å². The quantitative estimate of drug-likeness (QED) is 0.240. The maximum atomic E-state index is 13.6. The smallest absolute Gasteiger partial charge is 0.330 e. The number of hydrogen-bond donors (Lipinski definition) is 1. The summed E-state index contributed by atoms with van der Waals surface area (Å²) in [5, 5.41) is 3.07. The minimum absolute atomic E-state index is 0.00321. The molecule has 0 spiro atoms. The fourth-order valence-corrected chi connectivity index (χ4v) is 3.72. The number of aryl methyl sites for hydroxylation is 1. The molecule has 0 radical (unpaired) electrons. The Morgan fingerprint density at radius 2 is 2.08 bits per heavy atom.